The Labute approximate surface area is 117 Å². The van der Waals surface area contributed by atoms with E-state index in [9.17, 15) is 4.39 Å². The van der Waals surface area contributed by atoms with E-state index in [1.165, 1.54) is 6.07 Å². The fourth-order valence-corrected chi connectivity index (χ4v) is 3.28. The molecule has 0 fully saturated rings. The van der Waals surface area contributed by atoms with Gasteiger partial charge in [-0.15, -0.1) is 11.3 Å². The van der Waals surface area contributed by atoms with Crippen molar-refractivity contribution in [2.75, 3.05) is 0 Å². The lowest BCUT2D eigenvalue weighted by Crippen LogP contribution is -2.12. The SMILES string of the molecule is Cc1sc(C(N)c2ccc(Cl)cc2F)cc1Br. The molecule has 0 spiro atoms. The molecule has 1 nitrogen and oxygen atoms in total. The summed E-state index contributed by atoms with van der Waals surface area (Å²) in [6.07, 6.45) is 0. The van der Waals surface area contributed by atoms with Gasteiger partial charge in [0.25, 0.3) is 0 Å². The lowest BCUT2D eigenvalue weighted by atomic mass is 10.1. The van der Waals surface area contributed by atoms with E-state index >= 15 is 0 Å². The predicted octanol–water partition coefficient (Wildman–Crippen LogP) is 4.66. The fourth-order valence-electron chi connectivity index (χ4n) is 1.54. The molecule has 1 aromatic heterocycles. The highest BCUT2D eigenvalue weighted by Gasteiger charge is 2.16. The third kappa shape index (κ3) is 2.71. The van der Waals surface area contributed by atoms with E-state index in [0.29, 0.717) is 10.6 Å². The molecule has 2 aromatic rings. The normalized spacial score (nSPS) is 12.8. The van der Waals surface area contributed by atoms with E-state index in [0.717, 1.165) is 14.2 Å². The standard InChI is InChI=1S/C12H10BrClFNS/c1-6-9(13)5-11(17-6)12(16)8-3-2-7(14)4-10(8)15/h2-5,12H,16H2,1H3. The second kappa shape index (κ2) is 5.06. The summed E-state index contributed by atoms with van der Waals surface area (Å²) in [6.45, 7) is 1.99. The molecule has 0 bridgehead atoms. The summed E-state index contributed by atoms with van der Waals surface area (Å²) < 4.78 is 14.7. The molecule has 0 aliphatic carbocycles. The molecule has 0 aliphatic heterocycles. The molecule has 1 atom stereocenters. The Morgan fingerprint density at radius 1 is 1.41 bits per heavy atom. The molecule has 1 aromatic carbocycles. The lowest BCUT2D eigenvalue weighted by molar-refractivity contribution is 0.601. The van der Waals surface area contributed by atoms with Gasteiger partial charge in [-0.25, -0.2) is 4.39 Å². The number of rotatable bonds is 2. The Morgan fingerprint density at radius 2 is 2.12 bits per heavy atom. The zero-order valence-electron chi connectivity index (χ0n) is 9.01. The van der Waals surface area contributed by atoms with Gasteiger partial charge in [-0.05, 0) is 41.1 Å². The Morgan fingerprint density at radius 3 is 2.65 bits per heavy atom. The van der Waals surface area contributed by atoms with E-state index in [1.807, 2.05) is 13.0 Å². The Balaban J connectivity index is 2.39. The average molecular weight is 335 g/mol. The molecule has 0 aliphatic rings. The van der Waals surface area contributed by atoms with Crippen molar-refractivity contribution in [3.05, 3.63) is 54.9 Å². The number of nitrogens with two attached hydrogens (primary N) is 1. The molecule has 17 heavy (non-hydrogen) atoms. The quantitative estimate of drug-likeness (QED) is 0.849. The highest BCUT2D eigenvalue weighted by molar-refractivity contribution is 9.10. The van der Waals surface area contributed by atoms with Gasteiger partial charge >= 0.3 is 0 Å². The lowest BCUT2D eigenvalue weighted by Gasteiger charge is -2.11. The van der Waals surface area contributed by atoms with E-state index in [4.69, 9.17) is 17.3 Å². The maximum absolute atomic E-state index is 13.7. The zero-order chi connectivity index (χ0) is 12.6. The minimum Gasteiger partial charge on any atom is -0.320 e. The van der Waals surface area contributed by atoms with Crippen LogP contribution in [0.2, 0.25) is 5.02 Å². The van der Waals surface area contributed by atoms with Crippen LogP contribution in [0.4, 0.5) is 4.39 Å². The molecule has 2 rings (SSSR count). The van der Waals surface area contributed by atoms with Gasteiger partial charge < -0.3 is 5.73 Å². The average Bonchev–Trinajstić information content (AvgIpc) is 2.58. The summed E-state index contributed by atoms with van der Waals surface area (Å²) in [4.78, 5) is 2.06. The van der Waals surface area contributed by atoms with Crippen molar-refractivity contribution in [1.82, 2.24) is 0 Å². The molecule has 0 saturated carbocycles. The minimum absolute atomic E-state index is 0.368. The number of halogens is 3. The Hall–Kier alpha value is -0.420. The molecule has 0 amide bonds. The summed E-state index contributed by atoms with van der Waals surface area (Å²) in [5.41, 5.74) is 6.52. The Bertz CT molecular complexity index is 536. The van der Waals surface area contributed by atoms with Crippen LogP contribution in [-0.4, -0.2) is 0 Å². The predicted molar refractivity (Wildman–Crippen MR) is 74.2 cm³/mol. The molecule has 1 unspecified atom stereocenters. The molecule has 1 heterocycles. The summed E-state index contributed by atoms with van der Waals surface area (Å²) in [5, 5.41) is 0.377. The summed E-state index contributed by atoms with van der Waals surface area (Å²) >= 11 is 10.7. The largest absolute Gasteiger partial charge is 0.320 e. The highest BCUT2D eigenvalue weighted by Crippen LogP contribution is 2.33. The van der Waals surface area contributed by atoms with Crippen molar-refractivity contribution in [3.63, 3.8) is 0 Å². The van der Waals surface area contributed by atoms with Crippen molar-refractivity contribution >= 4 is 38.9 Å². The van der Waals surface area contributed by atoms with E-state index < -0.39 is 6.04 Å². The highest BCUT2D eigenvalue weighted by atomic mass is 79.9. The van der Waals surface area contributed by atoms with Gasteiger partial charge in [0.05, 0.1) is 6.04 Å². The first kappa shape index (κ1) is 13.0. The number of hydrogen-bond donors (Lipinski definition) is 1. The van der Waals surface area contributed by atoms with Gasteiger partial charge in [-0.1, -0.05) is 17.7 Å². The third-order valence-electron chi connectivity index (χ3n) is 2.48. The van der Waals surface area contributed by atoms with Crippen LogP contribution in [0.3, 0.4) is 0 Å². The van der Waals surface area contributed by atoms with Crippen molar-refractivity contribution in [2.24, 2.45) is 5.73 Å². The molecule has 0 saturated heterocycles. The van der Waals surface area contributed by atoms with Crippen LogP contribution in [-0.2, 0) is 0 Å². The van der Waals surface area contributed by atoms with Gasteiger partial charge in [0, 0.05) is 24.8 Å². The minimum atomic E-state index is -0.456. The van der Waals surface area contributed by atoms with Gasteiger partial charge in [-0.2, -0.15) is 0 Å². The topological polar surface area (TPSA) is 26.0 Å². The maximum Gasteiger partial charge on any atom is 0.129 e. The Kier molecular flexibility index (Phi) is 3.88. The molecule has 90 valence electrons. The summed E-state index contributed by atoms with van der Waals surface area (Å²) in [5.74, 6) is -0.368. The van der Waals surface area contributed by atoms with Gasteiger partial charge in [0.2, 0.25) is 0 Å². The van der Waals surface area contributed by atoms with Crippen LogP contribution < -0.4 is 5.73 Å². The first-order valence-electron chi connectivity index (χ1n) is 4.95. The van der Waals surface area contributed by atoms with Gasteiger partial charge in [0.15, 0.2) is 0 Å². The molecule has 0 radical (unpaired) electrons. The second-order valence-corrected chi connectivity index (χ2v) is 6.28. The molecule has 2 N–H and O–H groups in total. The van der Waals surface area contributed by atoms with Crippen molar-refractivity contribution in [1.29, 1.82) is 0 Å². The smallest absolute Gasteiger partial charge is 0.129 e. The van der Waals surface area contributed by atoms with Gasteiger partial charge in [-0.3, -0.25) is 0 Å². The van der Waals surface area contributed by atoms with E-state index in [-0.39, 0.29) is 5.82 Å². The fraction of sp³-hybridized carbons (Fsp3) is 0.167. The molecular weight excluding hydrogens is 325 g/mol. The first-order chi connectivity index (χ1) is 7.99. The maximum atomic E-state index is 13.7. The van der Waals surface area contributed by atoms with Crippen LogP contribution in [0.5, 0.6) is 0 Å². The molecule has 5 heteroatoms. The zero-order valence-corrected chi connectivity index (χ0v) is 12.2. The van der Waals surface area contributed by atoms with Gasteiger partial charge in [0.1, 0.15) is 5.82 Å². The first-order valence-corrected chi connectivity index (χ1v) is 6.94. The van der Waals surface area contributed by atoms with E-state index in [2.05, 4.69) is 15.9 Å². The van der Waals surface area contributed by atoms with Crippen LogP contribution >= 0.6 is 38.9 Å². The van der Waals surface area contributed by atoms with E-state index in [1.54, 1.807) is 23.5 Å². The van der Waals surface area contributed by atoms with Crippen LogP contribution in [0.25, 0.3) is 0 Å². The molecular formula is C12H10BrClFNS. The summed E-state index contributed by atoms with van der Waals surface area (Å²) in [6, 6.07) is 6.04. The van der Waals surface area contributed by atoms with Crippen molar-refractivity contribution in [3.8, 4) is 0 Å². The van der Waals surface area contributed by atoms with Crippen LogP contribution in [0.1, 0.15) is 21.4 Å². The monoisotopic (exact) mass is 333 g/mol. The van der Waals surface area contributed by atoms with Crippen molar-refractivity contribution < 1.29 is 4.39 Å². The summed E-state index contributed by atoms with van der Waals surface area (Å²) in [7, 11) is 0. The van der Waals surface area contributed by atoms with Crippen molar-refractivity contribution in [2.45, 2.75) is 13.0 Å². The van der Waals surface area contributed by atoms with Crippen LogP contribution in [0, 0.1) is 12.7 Å². The van der Waals surface area contributed by atoms with Crippen LogP contribution in [0.15, 0.2) is 28.7 Å². The second-order valence-electron chi connectivity index (χ2n) is 3.70. The number of thiophene rings is 1. The number of aryl methyl sites for hydroxylation is 1. The number of hydrogen-bond acceptors (Lipinski definition) is 2. The third-order valence-corrected chi connectivity index (χ3v) is 4.94. The number of benzene rings is 1.